The Kier molecular flexibility index (Phi) is 6.95. The number of hydrogen-bond donors (Lipinski definition) is 1. The fourth-order valence-electron chi connectivity index (χ4n) is 3.79. The highest BCUT2D eigenvalue weighted by Crippen LogP contribution is 2.33. The summed E-state index contributed by atoms with van der Waals surface area (Å²) < 4.78 is 36.1. The Balaban J connectivity index is 1.70. The van der Waals surface area contributed by atoms with Crippen molar-refractivity contribution in [2.75, 3.05) is 23.3 Å². The highest BCUT2D eigenvalue weighted by Gasteiger charge is 2.29. The number of fused-ring (bicyclic) bond motifs is 1. The number of thiazole rings is 1. The first-order valence-corrected chi connectivity index (χ1v) is 13.2. The smallest absolute Gasteiger partial charge is 0.308 e. The van der Waals surface area contributed by atoms with Gasteiger partial charge in [0.2, 0.25) is 5.91 Å². The lowest BCUT2D eigenvalue weighted by Crippen LogP contribution is -2.38. The van der Waals surface area contributed by atoms with Crippen molar-refractivity contribution in [3.05, 3.63) is 82.0 Å². The molecule has 1 N–H and O–H groups in total. The molecule has 35 heavy (non-hydrogen) atoms. The molecule has 0 unspecified atom stereocenters. The average molecular weight is 512 g/mol. The molecule has 3 aromatic carbocycles. The Morgan fingerprint density at radius 2 is 1.83 bits per heavy atom. The van der Waals surface area contributed by atoms with E-state index in [9.17, 15) is 18.0 Å². The number of hydrogen-bond acceptors (Lipinski definition) is 6. The van der Waals surface area contributed by atoms with Gasteiger partial charge in [0, 0.05) is 12.2 Å². The number of carbonyl (C=O) groups is 1. The third kappa shape index (κ3) is 4.94. The van der Waals surface area contributed by atoms with Crippen molar-refractivity contribution in [3.63, 3.8) is 0 Å². The van der Waals surface area contributed by atoms with Crippen LogP contribution in [0.15, 0.2) is 76.4 Å². The zero-order valence-electron chi connectivity index (χ0n) is 19.5. The molecular weight excluding hydrogens is 486 g/mol. The maximum Gasteiger partial charge on any atom is 0.308 e. The number of rotatable bonds is 8. The van der Waals surface area contributed by atoms with Gasteiger partial charge in [-0.15, -0.1) is 0 Å². The summed E-state index contributed by atoms with van der Waals surface area (Å²) in [5.41, 5.74) is 2.34. The van der Waals surface area contributed by atoms with Crippen LogP contribution in [0.1, 0.15) is 12.5 Å². The molecule has 0 saturated heterocycles. The van der Waals surface area contributed by atoms with Gasteiger partial charge in [-0.05, 0) is 61.9 Å². The molecule has 0 spiro atoms. The fourth-order valence-corrected chi connectivity index (χ4v) is 6.23. The molecule has 182 valence electrons. The molecule has 0 radical (unpaired) electrons. The van der Waals surface area contributed by atoms with Crippen molar-refractivity contribution in [1.29, 1.82) is 0 Å². The molecule has 1 amide bonds. The van der Waals surface area contributed by atoms with E-state index in [1.165, 1.54) is 19.2 Å². The molecule has 0 bridgehead atoms. The van der Waals surface area contributed by atoms with Crippen molar-refractivity contribution < 1.29 is 17.9 Å². The van der Waals surface area contributed by atoms with Crippen LogP contribution in [0.3, 0.4) is 0 Å². The summed E-state index contributed by atoms with van der Waals surface area (Å²) in [6, 6.07) is 18.3. The number of amides is 1. The van der Waals surface area contributed by atoms with Crippen molar-refractivity contribution in [1.82, 2.24) is 4.57 Å². The van der Waals surface area contributed by atoms with Gasteiger partial charge in [0.25, 0.3) is 10.0 Å². The first kappa shape index (κ1) is 24.5. The number of carbonyl (C=O) groups excluding carboxylic acids is 1. The largest absolute Gasteiger partial charge is 0.495 e. The number of ether oxygens (including phenoxy) is 1. The molecule has 8 nitrogen and oxygen atoms in total. The predicted molar refractivity (Wildman–Crippen MR) is 139 cm³/mol. The van der Waals surface area contributed by atoms with E-state index in [0.717, 1.165) is 31.4 Å². The highest BCUT2D eigenvalue weighted by atomic mass is 32.2. The van der Waals surface area contributed by atoms with Crippen molar-refractivity contribution >= 4 is 48.9 Å². The summed E-state index contributed by atoms with van der Waals surface area (Å²) in [5, 5.41) is 2.77. The predicted octanol–water partition coefficient (Wildman–Crippen LogP) is 4.23. The van der Waals surface area contributed by atoms with Crippen molar-refractivity contribution in [2.45, 2.75) is 25.3 Å². The summed E-state index contributed by atoms with van der Waals surface area (Å²) in [5.74, 6) is -0.204. The van der Waals surface area contributed by atoms with Crippen molar-refractivity contribution in [2.24, 2.45) is 0 Å². The van der Waals surface area contributed by atoms with E-state index >= 15 is 0 Å². The molecule has 0 aliphatic rings. The number of nitrogens with zero attached hydrogens (tertiary/aromatic N) is 2. The Bertz CT molecular complexity index is 1540. The van der Waals surface area contributed by atoms with Gasteiger partial charge in [0.05, 0.1) is 27.9 Å². The lowest BCUT2D eigenvalue weighted by atomic mass is 10.2. The van der Waals surface area contributed by atoms with Gasteiger partial charge in [-0.3, -0.25) is 18.5 Å². The zero-order valence-corrected chi connectivity index (χ0v) is 21.2. The van der Waals surface area contributed by atoms with Crippen LogP contribution in [-0.4, -0.2) is 32.5 Å². The highest BCUT2D eigenvalue weighted by molar-refractivity contribution is 7.92. The second kappa shape index (κ2) is 9.93. The fraction of sp³-hybridized carbons (Fsp3) is 0.200. The first-order chi connectivity index (χ1) is 16.7. The van der Waals surface area contributed by atoms with Crippen LogP contribution in [0.25, 0.3) is 10.2 Å². The Labute approximate surface area is 207 Å². The standard InChI is InChI=1S/C25H25N3O5S2/c1-4-27-20-12-11-18(15-23(20)34-25(27)30)26-24(29)16-28(21-14-17(2)10-13-22(21)33-3)35(31,32)19-8-6-5-7-9-19/h5-15H,4,16H2,1-3H3,(H,26,29). The van der Waals surface area contributed by atoms with E-state index < -0.39 is 22.5 Å². The number of sulfonamides is 1. The molecule has 0 aliphatic heterocycles. The quantitative estimate of drug-likeness (QED) is 0.382. The van der Waals surface area contributed by atoms with Gasteiger partial charge in [0.1, 0.15) is 12.3 Å². The minimum absolute atomic E-state index is 0.0588. The van der Waals surface area contributed by atoms with E-state index in [2.05, 4.69) is 5.32 Å². The zero-order chi connectivity index (χ0) is 25.2. The monoisotopic (exact) mass is 511 g/mol. The maximum atomic E-state index is 13.6. The molecular formula is C25H25N3O5S2. The summed E-state index contributed by atoms with van der Waals surface area (Å²) >= 11 is 1.10. The number of aryl methyl sites for hydroxylation is 2. The topological polar surface area (TPSA) is 97.7 Å². The molecule has 0 aliphatic carbocycles. The van der Waals surface area contributed by atoms with Gasteiger partial charge in [0.15, 0.2) is 0 Å². The van der Waals surface area contributed by atoms with Gasteiger partial charge in [-0.25, -0.2) is 8.42 Å². The molecule has 10 heteroatoms. The average Bonchev–Trinajstić information content (AvgIpc) is 3.17. The van der Waals surface area contributed by atoms with Crippen LogP contribution in [-0.2, 0) is 21.4 Å². The first-order valence-electron chi connectivity index (χ1n) is 10.9. The number of anilines is 2. The van der Waals surface area contributed by atoms with Gasteiger partial charge in [-0.2, -0.15) is 0 Å². The van der Waals surface area contributed by atoms with Gasteiger partial charge >= 0.3 is 4.87 Å². The minimum Gasteiger partial charge on any atom is -0.495 e. The third-order valence-electron chi connectivity index (χ3n) is 5.49. The van der Waals surface area contributed by atoms with E-state index in [-0.39, 0.29) is 15.5 Å². The van der Waals surface area contributed by atoms with Crippen LogP contribution in [0, 0.1) is 6.92 Å². The molecule has 4 aromatic rings. The molecule has 4 rings (SSSR count). The molecule has 1 heterocycles. The minimum atomic E-state index is -4.08. The molecule has 0 fully saturated rings. The normalized spacial score (nSPS) is 11.4. The van der Waals surface area contributed by atoms with E-state index in [1.54, 1.807) is 59.2 Å². The van der Waals surface area contributed by atoms with E-state index in [4.69, 9.17) is 4.74 Å². The summed E-state index contributed by atoms with van der Waals surface area (Å²) in [7, 11) is -2.63. The number of nitrogens with one attached hydrogen (secondary N) is 1. The second-order valence-corrected chi connectivity index (χ2v) is 10.7. The molecule has 1 aromatic heterocycles. The Morgan fingerprint density at radius 1 is 1.09 bits per heavy atom. The van der Waals surface area contributed by atoms with Crippen LogP contribution in [0.2, 0.25) is 0 Å². The lowest BCUT2D eigenvalue weighted by molar-refractivity contribution is -0.114. The second-order valence-electron chi connectivity index (χ2n) is 7.84. The van der Waals surface area contributed by atoms with Crippen LogP contribution in [0.5, 0.6) is 5.75 Å². The van der Waals surface area contributed by atoms with Crippen LogP contribution in [0.4, 0.5) is 11.4 Å². The van der Waals surface area contributed by atoms with Crippen LogP contribution >= 0.6 is 11.3 Å². The SMILES string of the molecule is CCn1c(=O)sc2cc(NC(=O)CN(c3cc(C)ccc3OC)S(=O)(=O)c3ccccc3)ccc21. The Hall–Kier alpha value is -3.63. The third-order valence-corrected chi connectivity index (χ3v) is 8.21. The van der Waals surface area contributed by atoms with Gasteiger partial charge in [-0.1, -0.05) is 35.6 Å². The van der Waals surface area contributed by atoms with E-state index in [1.807, 2.05) is 13.8 Å². The summed E-state index contributed by atoms with van der Waals surface area (Å²) in [4.78, 5) is 25.2. The Morgan fingerprint density at radius 3 is 2.51 bits per heavy atom. The number of methoxy groups -OCH3 is 1. The number of benzene rings is 3. The van der Waals surface area contributed by atoms with Crippen molar-refractivity contribution in [3.8, 4) is 5.75 Å². The van der Waals surface area contributed by atoms with E-state index in [0.29, 0.717) is 18.0 Å². The number of aromatic nitrogens is 1. The lowest BCUT2D eigenvalue weighted by Gasteiger charge is -2.26. The van der Waals surface area contributed by atoms with Gasteiger partial charge < -0.3 is 10.1 Å². The molecule has 0 atom stereocenters. The van der Waals surface area contributed by atoms with Crippen LogP contribution < -0.4 is 19.2 Å². The maximum absolute atomic E-state index is 13.6. The molecule has 0 saturated carbocycles. The summed E-state index contributed by atoms with van der Waals surface area (Å²) in [6.45, 7) is 3.81. The summed E-state index contributed by atoms with van der Waals surface area (Å²) in [6.07, 6.45) is 0.